The lowest BCUT2D eigenvalue weighted by molar-refractivity contribution is -0.384. The van der Waals surface area contributed by atoms with Gasteiger partial charge in [-0.05, 0) is 59.6 Å². The molecule has 1 aromatic heterocycles. The van der Waals surface area contributed by atoms with Crippen molar-refractivity contribution in [1.82, 2.24) is 4.57 Å². The summed E-state index contributed by atoms with van der Waals surface area (Å²) in [6.07, 6.45) is 1.37. The van der Waals surface area contributed by atoms with Crippen molar-refractivity contribution in [2.45, 2.75) is 19.9 Å². The number of hydrogen-bond donors (Lipinski definition) is 1. The lowest BCUT2D eigenvalue weighted by Crippen LogP contribution is -2.40. The molecule has 0 saturated carbocycles. The van der Waals surface area contributed by atoms with Gasteiger partial charge in [-0.25, -0.2) is 9.79 Å². The molecule has 1 atom stereocenters. The fourth-order valence-electron chi connectivity index (χ4n) is 3.87. The van der Waals surface area contributed by atoms with E-state index in [2.05, 4.69) is 20.9 Å². The SMILES string of the molecule is CCOC(=O)C1=C(C)N=c2s/c(=C/c3cc([N+](=O)[O-])ccc3O)c(=O)n2[C@@H]1c1ccc(OC)c(Br)c1. The Kier molecular flexibility index (Phi) is 7.09. The Labute approximate surface area is 216 Å². The average Bonchev–Trinajstić information content (AvgIpc) is 3.13. The summed E-state index contributed by atoms with van der Waals surface area (Å²) in [5, 5.41) is 21.4. The fraction of sp³-hybridized carbons (Fsp3) is 0.208. The first-order valence-electron chi connectivity index (χ1n) is 10.7. The Bertz CT molecular complexity index is 1610. The highest BCUT2D eigenvalue weighted by Gasteiger charge is 2.33. The number of nitrogens with zero attached hydrogens (tertiary/aromatic N) is 3. The number of methoxy groups -OCH3 is 1. The molecule has 1 N–H and O–H groups in total. The van der Waals surface area contributed by atoms with Crippen molar-refractivity contribution in [3.05, 3.63) is 93.1 Å². The van der Waals surface area contributed by atoms with Gasteiger partial charge in [0, 0.05) is 17.7 Å². The number of esters is 1. The summed E-state index contributed by atoms with van der Waals surface area (Å²) in [5.41, 5.74) is 0.636. The molecule has 36 heavy (non-hydrogen) atoms. The van der Waals surface area contributed by atoms with Crippen molar-refractivity contribution < 1.29 is 24.3 Å². The number of carbonyl (C=O) groups is 1. The molecule has 0 aliphatic carbocycles. The number of nitro benzene ring substituents is 1. The first kappa shape index (κ1) is 25.3. The van der Waals surface area contributed by atoms with Crippen LogP contribution in [0, 0.1) is 10.1 Å². The number of phenolic OH excluding ortho intramolecular Hbond substituents is 1. The van der Waals surface area contributed by atoms with Crippen LogP contribution in [0.25, 0.3) is 6.08 Å². The Balaban J connectivity index is 1.98. The van der Waals surface area contributed by atoms with Gasteiger partial charge in [0.25, 0.3) is 11.2 Å². The van der Waals surface area contributed by atoms with E-state index in [4.69, 9.17) is 9.47 Å². The number of aromatic nitrogens is 1. The van der Waals surface area contributed by atoms with Crippen molar-refractivity contribution in [2.24, 2.45) is 4.99 Å². The van der Waals surface area contributed by atoms with E-state index in [9.17, 15) is 24.8 Å². The van der Waals surface area contributed by atoms with Gasteiger partial charge in [-0.3, -0.25) is 19.5 Å². The van der Waals surface area contributed by atoms with E-state index in [1.54, 1.807) is 32.0 Å². The standard InChI is InChI=1S/C24H20BrN3O7S/c1-4-35-23(31)20-12(2)26-24-27(21(20)13-5-8-18(34-3)16(25)10-13)22(30)19(36-24)11-14-9-15(28(32)33)6-7-17(14)29/h5-11,21,29H,4H2,1-3H3/b19-11+/t21-/m1/s1. The zero-order valence-electron chi connectivity index (χ0n) is 19.4. The Hall–Kier alpha value is -3.77. The summed E-state index contributed by atoms with van der Waals surface area (Å²) in [4.78, 5) is 42.0. The molecule has 10 nitrogen and oxygen atoms in total. The van der Waals surface area contributed by atoms with E-state index in [0.29, 0.717) is 26.3 Å². The zero-order valence-corrected chi connectivity index (χ0v) is 21.8. The van der Waals surface area contributed by atoms with E-state index in [0.717, 1.165) is 11.3 Å². The second-order valence-electron chi connectivity index (χ2n) is 7.70. The van der Waals surface area contributed by atoms with Gasteiger partial charge < -0.3 is 14.6 Å². The van der Waals surface area contributed by atoms with Gasteiger partial charge in [-0.1, -0.05) is 17.4 Å². The minimum absolute atomic E-state index is 0.111. The van der Waals surface area contributed by atoms with Gasteiger partial charge in [0.2, 0.25) is 0 Å². The van der Waals surface area contributed by atoms with E-state index >= 15 is 0 Å². The van der Waals surface area contributed by atoms with Gasteiger partial charge in [-0.15, -0.1) is 0 Å². The number of non-ortho nitro benzene ring substituents is 1. The molecule has 0 radical (unpaired) electrons. The first-order valence-corrected chi connectivity index (χ1v) is 12.3. The number of carbonyl (C=O) groups excluding carboxylic acids is 1. The average molecular weight is 574 g/mol. The van der Waals surface area contributed by atoms with Crippen molar-refractivity contribution in [2.75, 3.05) is 13.7 Å². The molecule has 2 heterocycles. The predicted octanol–water partition coefficient (Wildman–Crippen LogP) is 3.18. The number of aromatic hydroxyl groups is 1. The zero-order chi connectivity index (χ0) is 26.1. The van der Waals surface area contributed by atoms with Crippen LogP contribution in [0.15, 0.2) is 61.9 Å². The summed E-state index contributed by atoms with van der Waals surface area (Å²) in [6, 6.07) is 7.92. The van der Waals surface area contributed by atoms with Crippen LogP contribution < -0.4 is 19.6 Å². The van der Waals surface area contributed by atoms with Crippen LogP contribution in [0.1, 0.15) is 31.0 Å². The summed E-state index contributed by atoms with van der Waals surface area (Å²) < 4.78 is 12.8. The topological polar surface area (TPSA) is 133 Å². The van der Waals surface area contributed by atoms with Crippen molar-refractivity contribution in [3.63, 3.8) is 0 Å². The number of nitro groups is 1. The third-order valence-corrected chi connectivity index (χ3v) is 7.12. The van der Waals surface area contributed by atoms with Crippen molar-refractivity contribution >= 4 is 45.0 Å². The van der Waals surface area contributed by atoms with Crippen LogP contribution in [-0.4, -0.2) is 34.3 Å². The highest BCUT2D eigenvalue weighted by atomic mass is 79.9. The van der Waals surface area contributed by atoms with Crippen molar-refractivity contribution in [1.29, 1.82) is 0 Å². The minimum atomic E-state index is -0.844. The van der Waals surface area contributed by atoms with Gasteiger partial charge >= 0.3 is 5.97 Å². The van der Waals surface area contributed by atoms with Crippen LogP contribution in [0.2, 0.25) is 0 Å². The summed E-state index contributed by atoms with van der Waals surface area (Å²) in [5.74, 6) is -0.238. The molecular formula is C24H20BrN3O7S. The van der Waals surface area contributed by atoms with Crippen LogP contribution in [0.3, 0.4) is 0 Å². The van der Waals surface area contributed by atoms with E-state index in [-0.39, 0.29) is 33.7 Å². The number of thiazole rings is 1. The molecule has 0 spiro atoms. The maximum Gasteiger partial charge on any atom is 0.338 e. The second kappa shape index (κ2) is 10.1. The van der Waals surface area contributed by atoms with Gasteiger partial charge in [-0.2, -0.15) is 0 Å². The number of fused-ring (bicyclic) bond motifs is 1. The third-order valence-electron chi connectivity index (χ3n) is 5.52. The van der Waals surface area contributed by atoms with E-state index < -0.39 is 22.5 Å². The summed E-state index contributed by atoms with van der Waals surface area (Å²) in [7, 11) is 1.53. The molecule has 0 unspecified atom stereocenters. The summed E-state index contributed by atoms with van der Waals surface area (Å²) in [6.45, 7) is 3.50. The van der Waals surface area contributed by atoms with Gasteiger partial charge in [0.1, 0.15) is 11.5 Å². The number of benzene rings is 2. The molecule has 0 amide bonds. The smallest absolute Gasteiger partial charge is 0.338 e. The third kappa shape index (κ3) is 4.56. The second-order valence-corrected chi connectivity index (χ2v) is 9.56. The predicted molar refractivity (Wildman–Crippen MR) is 136 cm³/mol. The highest BCUT2D eigenvalue weighted by Crippen LogP contribution is 2.35. The van der Waals surface area contributed by atoms with Crippen LogP contribution in [0.5, 0.6) is 11.5 Å². The van der Waals surface area contributed by atoms with E-state index in [1.165, 1.54) is 36.0 Å². The number of allylic oxidation sites excluding steroid dienone is 1. The molecule has 2 aromatic carbocycles. The largest absolute Gasteiger partial charge is 0.507 e. The van der Waals surface area contributed by atoms with Gasteiger partial charge in [0.05, 0.1) is 45.0 Å². The van der Waals surface area contributed by atoms with Crippen LogP contribution in [0.4, 0.5) is 5.69 Å². The number of halogens is 1. The molecule has 0 fully saturated rings. The van der Waals surface area contributed by atoms with E-state index in [1.807, 2.05) is 0 Å². The maximum atomic E-state index is 13.6. The van der Waals surface area contributed by atoms with Crippen molar-refractivity contribution in [3.8, 4) is 11.5 Å². The molecule has 3 aromatic rings. The van der Waals surface area contributed by atoms with Crippen LogP contribution in [-0.2, 0) is 9.53 Å². The molecule has 0 saturated heterocycles. The lowest BCUT2D eigenvalue weighted by Gasteiger charge is -2.25. The van der Waals surface area contributed by atoms with Gasteiger partial charge in [0.15, 0.2) is 4.80 Å². The number of rotatable bonds is 6. The summed E-state index contributed by atoms with van der Waals surface area (Å²) >= 11 is 4.50. The first-order chi connectivity index (χ1) is 17.2. The Morgan fingerprint density at radius 3 is 2.72 bits per heavy atom. The molecule has 4 rings (SSSR count). The minimum Gasteiger partial charge on any atom is -0.507 e. The number of hydrogen-bond acceptors (Lipinski definition) is 9. The maximum absolute atomic E-state index is 13.6. The number of ether oxygens (including phenoxy) is 2. The Morgan fingerprint density at radius 2 is 2.08 bits per heavy atom. The molecule has 186 valence electrons. The molecular weight excluding hydrogens is 554 g/mol. The quantitative estimate of drug-likeness (QED) is 0.272. The highest BCUT2D eigenvalue weighted by molar-refractivity contribution is 9.10. The van der Waals surface area contributed by atoms with Crippen LogP contribution >= 0.6 is 27.3 Å². The normalized spacial score (nSPS) is 15.3. The molecule has 12 heteroatoms. The molecule has 0 bridgehead atoms. The molecule has 1 aliphatic rings. The fourth-order valence-corrected chi connectivity index (χ4v) is 5.47. The molecule has 1 aliphatic heterocycles. The Morgan fingerprint density at radius 1 is 1.33 bits per heavy atom. The lowest BCUT2D eigenvalue weighted by atomic mass is 9.96. The number of phenols is 1. The monoisotopic (exact) mass is 573 g/mol.